The molecule has 4 nitrogen and oxygen atoms in total. The first-order chi connectivity index (χ1) is 9.00. The number of carbonyl (C=O) groups excluding carboxylic acids is 1. The van der Waals surface area contributed by atoms with Crippen molar-refractivity contribution in [1.82, 2.24) is 0 Å². The summed E-state index contributed by atoms with van der Waals surface area (Å²) >= 11 is 0. The Hall–Kier alpha value is -0.870. The molecule has 1 heterocycles. The van der Waals surface area contributed by atoms with Gasteiger partial charge in [0.15, 0.2) is 5.79 Å². The minimum atomic E-state index is -0.450. The number of esters is 1. The lowest BCUT2D eigenvalue weighted by molar-refractivity contribution is -0.299. The Kier molecular flexibility index (Phi) is 4.63. The quantitative estimate of drug-likeness (QED) is 0.583. The van der Waals surface area contributed by atoms with Gasteiger partial charge in [0.1, 0.15) is 0 Å². The summed E-state index contributed by atoms with van der Waals surface area (Å²) in [6, 6.07) is 0. The molecule has 1 saturated carbocycles. The van der Waals surface area contributed by atoms with Crippen LogP contribution < -0.4 is 0 Å². The summed E-state index contributed by atoms with van der Waals surface area (Å²) in [4.78, 5) is 11.3. The number of ether oxygens (including phenoxy) is 3. The van der Waals surface area contributed by atoms with Crippen LogP contribution in [0.5, 0.6) is 0 Å². The molecule has 3 unspecified atom stereocenters. The summed E-state index contributed by atoms with van der Waals surface area (Å²) in [6.07, 6.45) is 6.96. The lowest BCUT2D eigenvalue weighted by atomic mass is 9.79. The predicted molar refractivity (Wildman–Crippen MR) is 71.5 cm³/mol. The van der Waals surface area contributed by atoms with Crippen molar-refractivity contribution in [2.24, 2.45) is 11.8 Å². The third-order valence-corrected chi connectivity index (χ3v) is 3.82. The average Bonchev–Trinajstić information content (AvgIpc) is 2.36. The first-order valence-corrected chi connectivity index (χ1v) is 7.17. The van der Waals surface area contributed by atoms with Gasteiger partial charge in [-0.15, -0.1) is 0 Å². The van der Waals surface area contributed by atoms with E-state index in [1.54, 1.807) is 6.08 Å². The van der Waals surface area contributed by atoms with Gasteiger partial charge < -0.3 is 14.2 Å². The molecule has 0 aromatic heterocycles. The Labute approximate surface area is 115 Å². The molecule has 0 radical (unpaired) electrons. The summed E-state index contributed by atoms with van der Waals surface area (Å²) in [5, 5.41) is 0. The van der Waals surface area contributed by atoms with Crippen molar-refractivity contribution in [3.8, 4) is 0 Å². The zero-order valence-electron chi connectivity index (χ0n) is 12.1. The van der Waals surface area contributed by atoms with Gasteiger partial charge in [0, 0.05) is 12.0 Å². The standard InChI is InChI=1S/C15H24O4/c1-4-17-14(16)8-6-11-5-7-13-12(9-11)10-18-15(2,3)19-13/h6,8,11-13H,4-5,7,9-10H2,1-3H3/b8-6+. The van der Waals surface area contributed by atoms with E-state index in [4.69, 9.17) is 14.2 Å². The minimum absolute atomic E-state index is 0.248. The molecule has 0 N–H and O–H groups in total. The molecule has 0 bridgehead atoms. The maximum atomic E-state index is 11.3. The first-order valence-electron chi connectivity index (χ1n) is 7.17. The van der Waals surface area contributed by atoms with Gasteiger partial charge in [-0.1, -0.05) is 6.08 Å². The highest BCUT2D eigenvalue weighted by atomic mass is 16.7. The number of hydrogen-bond donors (Lipinski definition) is 0. The number of fused-ring (bicyclic) bond motifs is 1. The molecular weight excluding hydrogens is 244 g/mol. The average molecular weight is 268 g/mol. The SMILES string of the molecule is CCOC(=O)/C=C/C1CCC2OC(C)(C)OCC2C1. The zero-order chi connectivity index (χ0) is 13.9. The van der Waals surface area contributed by atoms with Gasteiger partial charge in [0.05, 0.1) is 19.3 Å². The van der Waals surface area contributed by atoms with E-state index in [1.165, 1.54) is 0 Å². The molecule has 0 aromatic rings. The Morgan fingerprint density at radius 1 is 1.42 bits per heavy atom. The summed E-state index contributed by atoms with van der Waals surface area (Å²) in [5.41, 5.74) is 0. The van der Waals surface area contributed by atoms with Crippen LogP contribution in [0, 0.1) is 11.8 Å². The topological polar surface area (TPSA) is 44.8 Å². The second-order valence-corrected chi connectivity index (χ2v) is 5.81. The third kappa shape index (κ3) is 4.05. The molecule has 0 spiro atoms. The maximum Gasteiger partial charge on any atom is 0.330 e. The van der Waals surface area contributed by atoms with Crippen molar-refractivity contribution in [2.75, 3.05) is 13.2 Å². The second kappa shape index (κ2) is 6.06. The van der Waals surface area contributed by atoms with Crippen LogP contribution in [-0.4, -0.2) is 31.1 Å². The van der Waals surface area contributed by atoms with Crippen LogP contribution in [0.1, 0.15) is 40.0 Å². The summed E-state index contributed by atoms with van der Waals surface area (Å²) in [7, 11) is 0. The van der Waals surface area contributed by atoms with Crippen LogP contribution in [0.4, 0.5) is 0 Å². The maximum absolute atomic E-state index is 11.3. The van der Waals surface area contributed by atoms with Crippen LogP contribution in [0.15, 0.2) is 12.2 Å². The Morgan fingerprint density at radius 2 is 2.21 bits per heavy atom. The largest absolute Gasteiger partial charge is 0.463 e. The molecule has 108 valence electrons. The Balaban J connectivity index is 1.85. The lowest BCUT2D eigenvalue weighted by Crippen LogP contribution is -2.47. The van der Waals surface area contributed by atoms with E-state index < -0.39 is 5.79 Å². The molecule has 1 aliphatic heterocycles. The molecular formula is C15H24O4. The summed E-state index contributed by atoms with van der Waals surface area (Å²) < 4.78 is 16.6. The van der Waals surface area contributed by atoms with Crippen LogP contribution in [0.25, 0.3) is 0 Å². The molecule has 2 fully saturated rings. The van der Waals surface area contributed by atoms with Crippen molar-refractivity contribution < 1.29 is 19.0 Å². The summed E-state index contributed by atoms with van der Waals surface area (Å²) in [6.45, 7) is 6.93. The van der Waals surface area contributed by atoms with Gasteiger partial charge in [-0.05, 0) is 46.0 Å². The fourth-order valence-electron chi connectivity index (χ4n) is 2.89. The number of carbonyl (C=O) groups is 1. The van der Waals surface area contributed by atoms with E-state index in [0.717, 1.165) is 25.9 Å². The molecule has 3 atom stereocenters. The number of rotatable bonds is 3. The highest BCUT2D eigenvalue weighted by Crippen LogP contribution is 2.38. The fraction of sp³-hybridized carbons (Fsp3) is 0.800. The van der Waals surface area contributed by atoms with Crippen LogP contribution in [0.2, 0.25) is 0 Å². The van der Waals surface area contributed by atoms with Crippen LogP contribution in [0.3, 0.4) is 0 Å². The van der Waals surface area contributed by atoms with E-state index in [2.05, 4.69) is 0 Å². The normalized spacial score (nSPS) is 33.9. The second-order valence-electron chi connectivity index (χ2n) is 5.81. The highest BCUT2D eigenvalue weighted by Gasteiger charge is 2.39. The molecule has 4 heteroatoms. The van der Waals surface area contributed by atoms with E-state index in [0.29, 0.717) is 24.5 Å². The molecule has 19 heavy (non-hydrogen) atoms. The predicted octanol–water partition coefficient (Wildman–Crippen LogP) is 2.67. The molecule has 0 aromatic carbocycles. The van der Waals surface area contributed by atoms with Gasteiger partial charge in [0.25, 0.3) is 0 Å². The summed E-state index contributed by atoms with van der Waals surface area (Å²) in [5.74, 6) is 0.175. The highest BCUT2D eigenvalue weighted by molar-refractivity contribution is 5.81. The molecule has 0 amide bonds. The minimum Gasteiger partial charge on any atom is -0.463 e. The van der Waals surface area contributed by atoms with Gasteiger partial charge >= 0.3 is 5.97 Å². The lowest BCUT2D eigenvalue weighted by Gasteiger charge is -2.44. The molecule has 1 saturated heterocycles. The third-order valence-electron chi connectivity index (χ3n) is 3.82. The van der Waals surface area contributed by atoms with Crippen LogP contribution >= 0.6 is 0 Å². The first kappa shape index (κ1) is 14.5. The van der Waals surface area contributed by atoms with Crippen molar-refractivity contribution in [2.45, 2.75) is 51.9 Å². The molecule has 2 aliphatic rings. The van der Waals surface area contributed by atoms with E-state index in [9.17, 15) is 4.79 Å². The zero-order valence-corrected chi connectivity index (χ0v) is 12.1. The molecule has 2 rings (SSSR count). The smallest absolute Gasteiger partial charge is 0.330 e. The van der Waals surface area contributed by atoms with Gasteiger partial charge in [-0.2, -0.15) is 0 Å². The van der Waals surface area contributed by atoms with Gasteiger partial charge in [-0.3, -0.25) is 0 Å². The van der Waals surface area contributed by atoms with E-state index in [-0.39, 0.29) is 5.97 Å². The Morgan fingerprint density at radius 3 is 2.95 bits per heavy atom. The van der Waals surface area contributed by atoms with Crippen molar-refractivity contribution in [1.29, 1.82) is 0 Å². The number of hydrogen-bond acceptors (Lipinski definition) is 4. The van der Waals surface area contributed by atoms with Crippen molar-refractivity contribution in [3.05, 3.63) is 12.2 Å². The fourth-order valence-corrected chi connectivity index (χ4v) is 2.89. The van der Waals surface area contributed by atoms with Gasteiger partial charge in [0.2, 0.25) is 0 Å². The Bertz CT molecular complexity index is 348. The number of allylic oxidation sites excluding steroid dienone is 1. The van der Waals surface area contributed by atoms with E-state index in [1.807, 2.05) is 26.8 Å². The van der Waals surface area contributed by atoms with Gasteiger partial charge in [-0.25, -0.2) is 4.79 Å². The van der Waals surface area contributed by atoms with E-state index >= 15 is 0 Å². The van der Waals surface area contributed by atoms with Crippen molar-refractivity contribution >= 4 is 5.97 Å². The monoisotopic (exact) mass is 268 g/mol. The van der Waals surface area contributed by atoms with Crippen LogP contribution in [-0.2, 0) is 19.0 Å². The molecule has 1 aliphatic carbocycles. The van der Waals surface area contributed by atoms with Crippen molar-refractivity contribution in [3.63, 3.8) is 0 Å².